The monoisotopic (exact) mass is 341 g/mol. The van der Waals surface area contributed by atoms with Gasteiger partial charge in [-0.2, -0.15) is 5.10 Å². The quantitative estimate of drug-likeness (QED) is 0.556. The Hall–Kier alpha value is -2.44. The normalized spacial score (nSPS) is 11.2. The van der Waals surface area contributed by atoms with Crippen LogP contribution in [0.15, 0.2) is 48.7 Å². The summed E-state index contributed by atoms with van der Waals surface area (Å²) in [6.45, 7) is 1.96. The van der Waals surface area contributed by atoms with Crippen LogP contribution in [0.25, 0.3) is 22.9 Å². The molecule has 5 nitrogen and oxygen atoms in total. The number of fused-ring (bicyclic) bond motifs is 1. The zero-order valence-corrected chi connectivity index (χ0v) is 13.8. The van der Waals surface area contributed by atoms with Crippen molar-refractivity contribution in [2.75, 3.05) is 0 Å². The Morgan fingerprint density at radius 3 is 2.70 bits per heavy atom. The number of nitrogens with zero attached hydrogens (tertiary/aromatic N) is 4. The number of aromatic nitrogens is 5. The van der Waals surface area contributed by atoms with Gasteiger partial charge < -0.3 is 0 Å². The van der Waals surface area contributed by atoms with Gasteiger partial charge in [0.2, 0.25) is 0 Å². The van der Waals surface area contributed by atoms with Gasteiger partial charge in [0.05, 0.1) is 11.4 Å². The highest BCUT2D eigenvalue weighted by atomic mass is 35.5. The van der Waals surface area contributed by atoms with E-state index in [1.807, 2.05) is 64.6 Å². The fraction of sp³-hybridized carbons (Fsp3) is 0.0625. The minimum atomic E-state index is 0.521. The SMILES string of the molecule is Cc1nc2ccccn2c1-c1n[nH]c(=S)n1-c1ccc(Cl)cc1. The van der Waals surface area contributed by atoms with Crippen molar-refractivity contribution in [1.29, 1.82) is 0 Å². The van der Waals surface area contributed by atoms with Gasteiger partial charge in [-0.25, -0.2) is 4.98 Å². The van der Waals surface area contributed by atoms with E-state index in [0.717, 1.165) is 22.7 Å². The first-order chi connectivity index (χ1) is 11.1. The Morgan fingerprint density at radius 1 is 1.13 bits per heavy atom. The number of H-pyrrole nitrogens is 1. The maximum Gasteiger partial charge on any atom is 0.200 e. The second-order valence-electron chi connectivity index (χ2n) is 5.14. The number of nitrogens with one attached hydrogen (secondary N) is 1. The largest absolute Gasteiger partial charge is 0.297 e. The molecule has 0 saturated carbocycles. The third-order valence-corrected chi connectivity index (χ3v) is 4.20. The van der Waals surface area contributed by atoms with Crippen molar-refractivity contribution in [3.05, 3.63) is 64.1 Å². The fourth-order valence-corrected chi connectivity index (χ4v) is 3.03. The highest BCUT2D eigenvalue weighted by Gasteiger charge is 2.18. The highest BCUT2D eigenvalue weighted by molar-refractivity contribution is 7.71. The first kappa shape index (κ1) is 14.2. The van der Waals surface area contributed by atoms with E-state index in [1.54, 1.807) is 0 Å². The molecule has 0 saturated heterocycles. The second-order valence-corrected chi connectivity index (χ2v) is 5.96. The number of aryl methyl sites for hydroxylation is 1. The van der Waals surface area contributed by atoms with Crippen LogP contribution in [-0.4, -0.2) is 24.1 Å². The van der Waals surface area contributed by atoms with Crippen LogP contribution >= 0.6 is 23.8 Å². The van der Waals surface area contributed by atoms with E-state index in [1.165, 1.54) is 0 Å². The van der Waals surface area contributed by atoms with Gasteiger partial charge >= 0.3 is 0 Å². The smallest absolute Gasteiger partial charge is 0.200 e. The number of rotatable bonds is 2. The minimum Gasteiger partial charge on any atom is -0.297 e. The van der Waals surface area contributed by atoms with Gasteiger partial charge in [0.25, 0.3) is 0 Å². The molecule has 0 bridgehead atoms. The van der Waals surface area contributed by atoms with Crippen LogP contribution in [0.1, 0.15) is 5.69 Å². The van der Waals surface area contributed by atoms with Gasteiger partial charge in [0.15, 0.2) is 10.6 Å². The molecule has 0 unspecified atom stereocenters. The van der Waals surface area contributed by atoms with E-state index in [2.05, 4.69) is 15.2 Å². The summed E-state index contributed by atoms with van der Waals surface area (Å²) in [6, 6.07) is 13.4. The molecule has 0 spiro atoms. The molecule has 1 aromatic carbocycles. The Balaban J connectivity index is 2.02. The van der Waals surface area contributed by atoms with E-state index in [-0.39, 0.29) is 0 Å². The molecule has 4 rings (SSSR count). The molecule has 23 heavy (non-hydrogen) atoms. The van der Waals surface area contributed by atoms with E-state index in [0.29, 0.717) is 15.6 Å². The summed E-state index contributed by atoms with van der Waals surface area (Å²) >= 11 is 11.4. The number of imidazole rings is 1. The van der Waals surface area contributed by atoms with Crippen molar-refractivity contribution in [3.8, 4) is 17.2 Å². The van der Waals surface area contributed by atoms with Gasteiger partial charge in [0, 0.05) is 11.2 Å². The number of benzene rings is 1. The van der Waals surface area contributed by atoms with Crippen LogP contribution in [0.2, 0.25) is 5.02 Å². The Labute approximate surface area is 142 Å². The zero-order chi connectivity index (χ0) is 16.0. The van der Waals surface area contributed by atoms with Crippen LogP contribution in [0.4, 0.5) is 0 Å². The van der Waals surface area contributed by atoms with Gasteiger partial charge in [-0.3, -0.25) is 14.1 Å². The lowest BCUT2D eigenvalue weighted by Gasteiger charge is -2.07. The second kappa shape index (κ2) is 5.33. The molecule has 0 aliphatic carbocycles. The molecule has 3 aromatic heterocycles. The topological polar surface area (TPSA) is 50.9 Å². The minimum absolute atomic E-state index is 0.521. The average molecular weight is 342 g/mol. The first-order valence-electron chi connectivity index (χ1n) is 7.02. The number of halogens is 1. The van der Waals surface area contributed by atoms with Crippen molar-refractivity contribution in [3.63, 3.8) is 0 Å². The molecular formula is C16H12ClN5S. The van der Waals surface area contributed by atoms with Crippen molar-refractivity contribution in [1.82, 2.24) is 24.1 Å². The first-order valence-corrected chi connectivity index (χ1v) is 7.81. The van der Waals surface area contributed by atoms with Gasteiger partial charge in [0.1, 0.15) is 11.3 Å². The van der Waals surface area contributed by atoms with E-state index in [4.69, 9.17) is 23.8 Å². The number of hydrogen-bond acceptors (Lipinski definition) is 3. The summed E-state index contributed by atoms with van der Waals surface area (Å²) in [4.78, 5) is 4.59. The molecule has 1 N–H and O–H groups in total. The summed E-state index contributed by atoms with van der Waals surface area (Å²) < 4.78 is 4.41. The number of hydrogen-bond donors (Lipinski definition) is 1. The molecule has 0 aliphatic heterocycles. The van der Waals surface area contributed by atoms with Crippen molar-refractivity contribution < 1.29 is 0 Å². The maximum atomic E-state index is 5.98. The lowest BCUT2D eigenvalue weighted by Crippen LogP contribution is -2.00. The Morgan fingerprint density at radius 2 is 1.91 bits per heavy atom. The number of aromatic amines is 1. The van der Waals surface area contributed by atoms with E-state index < -0.39 is 0 Å². The predicted molar refractivity (Wildman–Crippen MR) is 92.7 cm³/mol. The van der Waals surface area contributed by atoms with Crippen LogP contribution in [0, 0.1) is 11.7 Å². The van der Waals surface area contributed by atoms with Crippen LogP contribution < -0.4 is 0 Å². The van der Waals surface area contributed by atoms with Crippen molar-refractivity contribution in [2.24, 2.45) is 0 Å². The lowest BCUT2D eigenvalue weighted by atomic mass is 10.3. The van der Waals surface area contributed by atoms with E-state index in [9.17, 15) is 0 Å². The standard InChI is InChI=1S/C16H12ClN5S/c1-10-14(21-9-3-2-4-13(21)18-10)15-19-20-16(23)22(15)12-7-5-11(17)6-8-12/h2-9H,1H3,(H,20,23). The molecule has 4 aromatic rings. The highest BCUT2D eigenvalue weighted by Crippen LogP contribution is 2.26. The third kappa shape index (κ3) is 2.27. The summed E-state index contributed by atoms with van der Waals surface area (Å²) in [5, 5.41) is 7.97. The fourth-order valence-electron chi connectivity index (χ4n) is 2.67. The molecule has 0 atom stereocenters. The predicted octanol–water partition coefficient (Wildman–Crippen LogP) is 4.21. The summed E-state index contributed by atoms with van der Waals surface area (Å²) in [5.41, 5.74) is 3.56. The Kier molecular flexibility index (Phi) is 3.28. The number of pyridine rings is 1. The lowest BCUT2D eigenvalue weighted by molar-refractivity contribution is 1.02. The van der Waals surface area contributed by atoms with Gasteiger partial charge in [-0.05, 0) is 55.5 Å². The summed E-state index contributed by atoms with van der Waals surface area (Å²) in [6.07, 6.45) is 1.97. The average Bonchev–Trinajstić information content (AvgIpc) is 3.07. The molecule has 0 aliphatic rings. The maximum absolute atomic E-state index is 5.98. The molecular weight excluding hydrogens is 330 g/mol. The van der Waals surface area contributed by atoms with Crippen molar-refractivity contribution in [2.45, 2.75) is 6.92 Å². The molecule has 7 heteroatoms. The Bertz CT molecular complexity index is 1060. The third-order valence-electron chi connectivity index (χ3n) is 3.67. The van der Waals surface area contributed by atoms with Crippen molar-refractivity contribution >= 4 is 29.5 Å². The molecule has 0 fully saturated rings. The van der Waals surface area contributed by atoms with E-state index >= 15 is 0 Å². The summed E-state index contributed by atoms with van der Waals surface area (Å²) in [5.74, 6) is 0.716. The molecule has 0 amide bonds. The molecule has 3 heterocycles. The van der Waals surface area contributed by atoms with Crippen LogP contribution in [0.3, 0.4) is 0 Å². The summed E-state index contributed by atoms with van der Waals surface area (Å²) in [7, 11) is 0. The zero-order valence-electron chi connectivity index (χ0n) is 12.2. The molecule has 114 valence electrons. The van der Waals surface area contributed by atoms with Crippen LogP contribution in [0.5, 0.6) is 0 Å². The van der Waals surface area contributed by atoms with Gasteiger partial charge in [-0.15, -0.1) is 0 Å². The molecule has 0 radical (unpaired) electrons. The van der Waals surface area contributed by atoms with Crippen LogP contribution in [-0.2, 0) is 0 Å². The van der Waals surface area contributed by atoms with Gasteiger partial charge in [-0.1, -0.05) is 17.7 Å².